The minimum absolute atomic E-state index is 0.0917. The standard InChI is InChI=1S/C29H31N7O5S3/c1-34(2)44(39,40)22-13-9-20(10-14-22)28(38)30-17-26-31-32-29(35(26)3)43-18-27(37)36-24(19-7-11-21(41-4)12-8-19)16-23(33-36)25-6-5-15-42-25/h5-15,24H,16-18H2,1-4H3,(H,30,38)/t24-/m1/s1. The molecule has 3 heterocycles. The summed E-state index contributed by atoms with van der Waals surface area (Å²) in [6.07, 6.45) is 0.602. The molecule has 12 nitrogen and oxygen atoms in total. The number of thioether (sulfide) groups is 1. The van der Waals surface area contributed by atoms with E-state index in [1.807, 2.05) is 41.8 Å². The number of thiophene rings is 1. The fraction of sp³-hybridized carbons (Fsp3) is 0.276. The summed E-state index contributed by atoms with van der Waals surface area (Å²) in [6, 6.07) is 17.1. The molecule has 230 valence electrons. The van der Waals surface area contributed by atoms with Crippen LogP contribution in [-0.4, -0.2) is 77.0 Å². The molecule has 0 saturated heterocycles. The number of sulfonamides is 1. The SMILES string of the molecule is COc1ccc([C@H]2CC(c3cccs3)=NN2C(=O)CSc2nnc(CNC(=O)c3ccc(S(=O)(=O)N(C)C)cc3)n2C)cc1. The molecule has 0 saturated carbocycles. The predicted octanol–water partition coefficient (Wildman–Crippen LogP) is 3.54. The molecule has 0 unspecified atom stereocenters. The van der Waals surface area contributed by atoms with Crippen LogP contribution < -0.4 is 10.1 Å². The summed E-state index contributed by atoms with van der Waals surface area (Å²) >= 11 is 2.83. The van der Waals surface area contributed by atoms with Crippen LogP contribution in [0.3, 0.4) is 0 Å². The highest BCUT2D eigenvalue weighted by Crippen LogP contribution is 2.35. The molecule has 2 aromatic heterocycles. The van der Waals surface area contributed by atoms with Gasteiger partial charge >= 0.3 is 0 Å². The number of aromatic nitrogens is 3. The summed E-state index contributed by atoms with van der Waals surface area (Å²) in [5.41, 5.74) is 2.14. The fourth-order valence-corrected chi connectivity index (χ4v) is 6.89. The van der Waals surface area contributed by atoms with Gasteiger partial charge in [-0.2, -0.15) is 5.10 Å². The third kappa shape index (κ3) is 6.70. The molecule has 0 aliphatic carbocycles. The van der Waals surface area contributed by atoms with Gasteiger partial charge in [0.15, 0.2) is 11.0 Å². The zero-order chi connectivity index (χ0) is 31.4. The number of hydrogen-bond acceptors (Lipinski definition) is 10. The lowest BCUT2D eigenvalue weighted by Crippen LogP contribution is -2.28. The van der Waals surface area contributed by atoms with Crippen LogP contribution in [0, 0.1) is 0 Å². The lowest BCUT2D eigenvalue weighted by Gasteiger charge is -2.22. The quantitative estimate of drug-likeness (QED) is 0.243. The van der Waals surface area contributed by atoms with Crippen LogP contribution in [0.5, 0.6) is 5.75 Å². The molecule has 0 radical (unpaired) electrons. The first-order valence-corrected chi connectivity index (χ1v) is 16.8. The van der Waals surface area contributed by atoms with Gasteiger partial charge in [0.25, 0.3) is 11.8 Å². The molecule has 1 aliphatic rings. The topological polar surface area (TPSA) is 139 Å². The largest absolute Gasteiger partial charge is 0.497 e. The number of amides is 2. The highest BCUT2D eigenvalue weighted by molar-refractivity contribution is 7.99. The van der Waals surface area contributed by atoms with Crippen LogP contribution in [0.2, 0.25) is 0 Å². The number of benzene rings is 2. The molecular formula is C29H31N7O5S3. The monoisotopic (exact) mass is 653 g/mol. The molecule has 15 heteroatoms. The zero-order valence-electron chi connectivity index (χ0n) is 24.5. The van der Waals surface area contributed by atoms with Gasteiger partial charge in [-0.05, 0) is 53.4 Å². The summed E-state index contributed by atoms with van der Waals surface area (Å²) in [5, 5.41) is 19.9. The Labute approximate surface area is 263 Å². The maximum absolute atomic E-state index is 13.5. The molecule has 0 fully saturated rings. The van der Waals surface area contributed by atoms with Crippen LogP contribution in [0.1, 0.15) is 39.1 Å². The van der Waals surface area contributed by atoms with Crippen molar-refractivity contribution >= 4 is 50.6 Å². The first-order valence-electron chi connectivity index (χ1n) is 13.5. The van der Waals surface area contributed by atoms with Crippen molar-refractivity contribution in [1.82, 2.24) is 29.4 Å². The van der Waals surface area contributed by atoms with E-state index in [2.05, 4.69) is 15.5 Å². The van der Waals surface area contributed by atoms with E-state index in [-0.39, 0.29) is 35.0 Å². The van der Waals surface area contributed by atoms with Crippen LogP contribution in [0.4, 0.5) is 0 Å². The molecule has 1 atom stereocenters. The van der Waals surface area contributed by atoms with Crippen LogP contribution in [0.25, 0.3) is 0 Å². The van der Waals surface area contributed by atoms with Gasteiger partial charge in [0.1, 0.15) is 5.75 Å². The molecule has 5 rings (SSSR count). The number of nitrogens with zero attached hydrogens (tertiary/aromatic N) is 6. The summed E-state index contributed by atoms with van der Waals surface area (Å²) in [5.74, 6) is 0.774. The molecule has 0 spiro atoms. The maximum atomic E-state index is 13.5. The van der Waals surface area contributed by atoms with Crippen molar-refractivity contribution in [2.75, 3.05) is 27.0 Å². The van der Waals surface area contributed by atoms with Crippen molar-refractivity contribution in [3.05, 3.63) is 87.9 Å². The number of carbonyl (C=O) groups excluding carboxylic acids is 2. The third-order valence-electron chi connectivity index (χ3n) is 7.02. The molecule has 2 aromatic carbocycles. The van der Waals surface area contributed by atoms with Crippen LogP contribution >= 0.6 is 23.1 Å². The van der Waals surface area contributed by atoms with E-state index in [0.717, 1.165) is 26.2 Å². The first-order chi connectivity index (χ1) is 21.1. The van der Waals surface area contributed by atoms with Crippen molar-refractivity contribution in [2.45, 2.75) is 29.1 Å². The molecular weight excluding hydrogens is 623 g/mol. The Morgan fingerprint density at radius 3 is 2.45 bits per heavy atom. The first kappa shape index (κ1) is 31.4. The van der Waals surface area contributed by atoms with E-state index in [1.54, 1.807) is 35.1 Å². The zero-order valence-corrected chi connectivity index (χ0v) is 26.9. The Hall–Kier alpha value is -4.05. The van der Waals surface area contributed by atoms with Gasteiger partial charge in [-0.25, -0.2) is 17.7 Å². The van der Waals surface area contributed by atoms with E-state index in [1.165, 1.54) is 50.1 Å². The van der Waals surface area contributed by atoms with E-state index >= 15 is 0 Å². The van der Waals surface area contributed by atoms with E-state index in [0.29, 0.717) is 23.0 Å². The van der Waals surface area contributed by atoms with Gasteiger partial charge in [-0.3, -0.25) is 9.59 Å². The highest BCUT2D eigenvalue weighted by Gasteiger charge is 2.33. The van der Waals surface area contributed by atoms with Gasteiger partial charge in [0, 0.05) is 33.1 Å². The van der Waals surface area contributed by atoms with Gasteiger partial charge in [-0.1, -0.05) is 30.0 Å². The number of carbonyl (C=O) groups is 2. The fourth-order valence-electron chi connectivity index (χ4n) is 4.49. The second kappa shape index (κ2) is 13.3. The normalized spacial score (nSPS) is 15.0. The summed E-state index contributed by atoms with van der Waals surface area (Å²) < 4.78 is 32.7. The van der Waals surface area contributed by atoms with E-state index in [9.17, 15) is 18.0 Å². The number of methoxy groups -OCH3 is 1. The van der Waals surface area contributed by atoms with Crippen molar-refractivity contribution < 1.29 is 22.7 Å². The van der Waals surface area contributed by atoms with Gasteiger partial charge in [0.2, 0.25) is 10.0 Å². The average molecular weight is 654 g/mol. The van der Waals surface area contributed by atoms with Crippen molar-refractivity contribution in [1.29, 1.82) is 0 Å². The molecule has 1 N–H and O–H groups in total. The number of hydrazone groups is 1. The minimum atomic E-state index is -3.59. The lowest BCUT2D eigenvalue weighted by molar-refractivity contribution is -0.130. The van der Waals surface area contributed by atoms with Crippen LogP contribution in [0.15, 0.2) is 81.2 Å². The van der Waals surface area contributed by atoms with Gasteiger partial charge in [0.05, 0.1) is 40.9 Å². The van der Waals surface area contributed by atoms with E-state index < -0.39 is 10.0 Å². The van der Waals surface area contributed by atoms with Crippen molar-refractivity contribution in [3.63, 3.8) is 0 Å². The maximum Gasteiger partial charge on any atom is 0.253 e. The van der Waals surface area contributed by atoms with Crippen LogP contribution in [-0.2, 0) is 28.4 Å². The van der Waals surface area contributed by atoms with Crippen molar-refractivity contribution in [3.8, 4) is 5.75 Å². The summed E-state index contributed by atoms with van der Waals surface area (Å²) in [6.45, 7) is 0.0920. The second-order valence-corrected chi connectivity index (χ2v) is 14.0. The van der Waals surface area contributed by atoms with Gasteiger partial charge in [-0.15, -0.1) is 21.5 Å². The third-order valence-corrected chi connectivity index (χ3v) is 10.8. The number of nitrogens with one attached hydrogen (secondary N) is 1. The highest BCUT2D eigenvalue weighted by atomic mass is 32.2. The van der Waals surface area contributed by atoms with Gasteiger partial charge < -0.3 is 14.6 Å². The Kier molecular flexibility index (Phi) is 9.48. The summed E-state index contributed by atoms with van der Waals surface area (Å²) in [4.78, 5) is 27.3. The molecule has 0 bridgehead atoms. The minimum Gasteiger partial charge on any atom is -0.497 e. The average Bonchev–Trinajstić information content (AvgIpc) is 3.79. The predicted molar refractivity (Wildman–Crippen MR) is 168 cm³/mol. The Balaban J connectivity index is 1.22. The van der Waals surface area contributed by atoms with Crippen molar-refractivity contribution in [2.24, 2.45) is 12.1 Å². The van der Waals surface area contributed by atoms with E-state index in [4.69, 9.17) is 9.84 Å². The Bertz CT molecular complexity index is 1770. The number of ether oxygens (including phenoxy) is 1. The Morgan fingerprint density at radius 2 is 1.82 bits per heavy atom. The second-order valence-electron chi connectivity index (χ2n) is 10.00. The molecule has 44 heavy (non-hydrogen) atoms. The molecule has 1 aliphatic heterocycles. The lowest BCUT2D eigenvalue weighted by atomic mass is 10.0. The number of rotatable bonds is 11. The smallest absolute Gasteiger partial charge is 0.253 e. The molecule has 2 amide bonds. The molecule has 4 aromatic rings. The summed E-state index contributed by atoms with van der Waals surface area (Å²) in [7, 11) is 2.68. The number of hydrogen-bond donors (Lipinski definition) is 1. The Morgan fingerprint density at radius 1 is 1.09 bits per heavy atom.